The third-order valence-electron chi connectivity index (χ3n) is 7.55. The molecule has 2 aromatic carbocycles. The molecule has 1 aliphatic rings. The van der Waals surface area contributed by atoms with Gasteiger partial charge in [0.05, 0.1) is 25.3 Å². The van der Waals surface area contributed by atoms with Crippen LogP contribution < -0.4 is 5.32 Å². The number of hydrogen-bond acceptors (Lipinski definition) is 5. The number of hydrogen-bond donors (Lipinski definition) is 1. The molecular weight excluding hydrogens is 528 g/mol. The Bertz CT molecular complexity index is 1330. The molecule has 1 saturated carbocycles. The molecule has 1 fully saturated rings. The summed E-state index contributed by atoms with van der Waals surface area (Å²) in [6.45, 7) is 6.26. The van der Waals surface area contributed by atoms with Crippen molar-refractivity contribution in [2.75, 3.05) is 33.0 Å². The topological polar surface area (TPSA) is 86.6 Å². The molecule has 0 radical (unpaired) electrons. The van der Waals surface area contributed by atoms with Gasteiger partial charge in [-0.25, -0.2) is 0 Å². The van der Waals surface area contributed by atoms with Crippen molar-refractivity contribution in [3.8, 4) is 0 Å². The van der Waals surface area contributed by atoms with Gasteiger partial charge in [0.1, 0.15) is 5.78 Å². The molecule has 0 saturated heterocycles. The first kappa shape index (κ1) is 30.0. The van der Waals surface area contributed by atoms with Gasteiger partial charge in [0.15, 0.2) is 0 Å². The van der Waals surface area contributed by atoms with Crippen LogP contribution in [0.4, 0.5) is 0 Å². The number of nitrogens with zero attached hydrogens (tertiary/aromatic N) is 1. The Labute approximate surface area is 241 Å². The molecule has 40 heavy (non-hydrogen) atoms. The van der Waals surface area contributed by atoms with Crippen molar-refractivity contribution in [3.05, 3.63) is 69.9 Å². The summed E-state index contributed by atoms with van der Waals surface area (Å²) in [6.07, 6.45) is 5.57. The van der Waals surface area contributed by atoms with E-state index in [1.165, 1.54) is 0 Å². The number of aryl methyl sites for hydroxylation is 1. The lowest BCUT2D eigenvalue weighted by Crippen LogP contribution is -2.32. The summed E-state index contributed by atoms with van der Waals surface area (Å²) in [4.78, 5) is 38.3. The van der Waals surface area contributed by atoms with Gasteiger partial charge in [0.2, 0.25) is 5.91 Å². The van der Waals surface area contributed by atoms with Crippen LogP contribution >= 0.6 is 11.6 Å². The van der Waals surface area contributed by atoms with E-state index >= 15 is 0 Å². The van der Waals surface area contributed by atoms with Crippen LogP contribution in [-0.4, -0.2) is 55.1 Å². The van der Waals surface area contributed by atoms with Crippen LogP contribution in [-0.2, 0) is 25.5 Å². The van der Waals surface area contributed by atoms with Gasteiger partial charge in [-0.15, -0.1) is 0 Å². The number of fused-ring (bicyclic) bond motifs is 1. The van der Waals surface area contributed by atoms with Gasteiger partial charge in [0, 0.05) is 53.6 Å². The number of ketones is 1. The fourth-order valence-corrected chi connectivity index (χ4v) is 5.49. The minimum absolute atomic E-state index is 0.112. The predicted octanol–water partition coefficient (Wildman–Crippen LogP) is 5.83. The largest absolute Gasteiger partial charge is 0.379 e. The number of carbonyl (C=O) groups excluding carboxylic acids is 3. The van der Waals surface area contributed by atoms with E-state index in [9.17, 15) is 14.4 Å². The molecule has 0 bridgehead atoms. The molecule has 214 valence electrons. The van der Waals surface area contributed by atoms with Crippen molar-refractivity contribution >= 4 is 40.1 Å². The number of rotatable bonds is 14. The minimum atomic E-state index is -0.145. The van der Waals surface area contributed by atoms with E-state index in [-0.39, 0.29) is 29.9 Å². The average Bonchev–Trinajstić information content (AvgIpc) is 3.57. The van der Waals surface area contributed by atoms with Crippen LogP contribution in [0.1, 0.15) is 65.7 Å². The number of benzene rings is 2. The van der Waals surface area contributed by atoms with Crippen molar-refractivity contribution in [1.29, 1.82) is 0 Å². The van der Waals surface area contributed by atoms with Gasteiger partial charge in [-0.1, -0.05) is 36.1 Å². The molecule has 0 spiro atoms. The van der Waals surface area contributed by atoms with Crippen molar-refractivity contribution in [3.63, 3.8) is 0 Å². The highest BCUT2D eigenvalue weighted by atomic mass is 35.5. The van der Waals surface area contributed by atoms with E-state index in [1.54, 1.807) is 28.8 Å². The quantitative estimate of drug-likeness (QED) is 0.248. The predicted molar refractivity (Wildman–Crippen MR) is 157 cm³/mol. The lowest BCUT2D eigenvalue weighted by atomic mass is 10.0. The highest BCUT2D eigenvalue weighted by molar-refractivity contribution is 6.30. The molecule has 0 unspecified atom stereocenters. The molecule has 1 N–H and O–H groups in total. The van der Waals surface area contributed by atoms with Gasteiger partial charge in [-0.2, -0.15) is 0 Å². The molecule has 7 nitrogen and oxygen atoms in total. The number of ether oxygens (including phenoxy) is 2. The highest BCUT2D eigenvalue weighted by Crippen LogP contribution is 2.29. The van der Waals surface area contributed by atoms with E-state index in [1.807, 2.05) is 32.0 Å². The SMILES string of the molecule is Cc1ccc2c(c1)c(CC(=O)CCCOCCOCCNC(=O)C1CCCC1)c(C)n2C(=O)c1ccc(Cl)cc1. The third kappa shape index (κ3) is 7.80. The maximum Gasteiger partial charge on any atom is 0.262 e. The summed E-state index contributed by atoms with van der Waals surface area (Å²) in [7, 11) is 0. The molecule has 1 aromatic heterocycles. The summed E-state index contributed by atoms with van der Waals surface area (Å²) in [5.74, 6) is 0.286. The van der Waals surface area contributed by atoms with Crippen LogP contribution in [0.25, 0.3) is 10.9 Å². The van der Waals surface area contributed by atoms with E-state index in [2.05, 4.69) is 5.32 Å². The minimum Gasteiger partial charge on any atom is -0.379 e. The van der Waals surface area contributed by atoms with Crippen molar-refractivity contribution in [2.24, 2.45) is 5.92 Å². The number of halogens is 1. The zero-order valence-corrected chi connectivity index (χ0v) is 24.2. The van der Waals surface area contributed by atoms with E-state index in [0.29, 0.717) is 56.4 Å². The fourth-order valence-electron chi connectivity index (χ4n) is 5.36. The molecule has 1 heterocycles. The van der Waals surface area contributed by atoms with Crippen molar-refractivity contribution in [1.82, 2.24) is 9.88 Å². The van der Waals surface area contributed by atoms with E-state index in [0.717, 1.165) is 53.4 Å². The zero-order valence-electron chi connectivity index (χ0n) is 23.5. The first-order valence-corrected chi connectivity index (χ1v) is 14.6. The first-order valence-electron chi connectivity index (χ1n) is 14.2. The maximum absolute atomic E-state index is 13.4. The summed E-state index contributed by atoms with van der Waals surface area (Å²) in [5, 5.41) is 4.44. The number of Topliss-reactive ketones (excluding diaryl/α,β-unsaturated/α-hetero) is 1. The number of nitrogens with one attached hydrogen (secondary N) is 1. The summed E-state index contributed by atoms with van der Waals surface area (Å²) >= 11 is 6.01. The number of carbonyl (C=O) groups is 3. The Morgan fingerprint density at radius 3 is 2.38 bits per heavy atom. The fraction of sp³-hybridized carbons (Fsp3) is 0.469. The maximum atomic E-state index is 13.4. The normalized spacial score (nSPS) is 13.7. The van der Waals surface area contributed by atoms with E-state index in [4.69, 9.17) is 21.1 Å². The smallest absolute Gasteiger partial charge is 0.262 e. The zero-order chi connectivity index (χ0) is 28.5. The molecule has 0 atom stereocenters. The van der Waals surface area contributed by atoms with Gasteiger partial charge in [0.25, 0.3) is 5.91 Å². The number of aromatic nitrogens is 1. The standard InChI is InChI=1S/C32H39ClN2O5/c1-22-9-14-30-29(20-22)28(23(2)35(30)32(38)25-10-12-26(33)13-11-25)21-27(36)8-5-16-39-18-19-40-17-15-34-31(37)24-6-3-4-7-24/h9-14,20,24H,3-8,15-19,21H2,1-2H3,(H,34,37). The second-order valence-corrected chi connectivity index (χ2v) is 11.0. The summed E-state index contributed by atoms with van der Waals surface area (Å²) in [6, 6.07) is 12.8. The lowest BCUT2D eigenvalue weighted by Gasteiger charge is -2.10. The van der Waals surface area contributed by atoms with Gasteiger partial charge in [-0.3, -0.25) is 19.0 Å². The molecular formula is C32H39ClN2O5. The Morgan fingerprint density at radius 2 is 1.65 bits per heavy atom. The Morgan fingerprint density at radius 1 is 0.950 bits per heavy atom. The average molecular weight is 567 g/mol. The van der Waals surface area contributed by atoms with Crippen LogP contribution in [0.15, 0.2) is 42.5 Å². The molecule has 4 rings (SSSR count). The Balaban J connectivity index is 1.21. The van der Waals surface area contributed by atoms with Crippen LogP contribution in [0.5, 0.6) is 0 Å². The summed E-state index contributed by atoms with van der Waals surface area (Å²) in [5.41, 5.74) is 4.08. The van der Waals surface area contributed by atoms with Gasteiger partial charge >= 0.3 is 0 Å². The molecule has 8 heteroatoms. The van der Waals surface area contributed by atoms with Gasteiger partial charge in [-0.05, 0) is 75.1 Å². The molecule has 1 aliphatic carbocycles. The second-order valence-electron chi connectivity index (χ2n) is 10.5. The molecule has 0 aliphatic heterocycles. The Kier molecular flexibility index (Phi) is 10.9. The highest BCUT2D eigenvalue weighted by Gasteiger charge is 2.23. The first-order chi connectivity index (χ1) is 19.3. The second kappa shape index (κ2) is 14.6. The van der Waals surface area contributed by atoms with Crippen LogP contribution in [0, 0.1) is 19.8 Å². The Hall–Kier alpha value is -3.00. The molecule has 1 amide bonds. The number of amides is 1. The monoisotopic (exact) mass is 566 g/mol. The van der Waals surface area contributed by atoms with Crippen LogP contribution in [0.3, 0.4) is 0 Å². The lowest BCUT2D eigenvalue weighted by molar-refractivity contribution is -0.125. The van der Waals surface area contributed by atoms with Crippen molar-refractivity contribution < 1.29 is 23.9 Å². The molecule has 3 aromatic rings. The van der Waals surface area contributed by atoms with Crippen molar-refractivity contribution in [2.45, 2.75) is 58.8 Å². The van der Waals surface area contributed by atoms with Crippen LogP contribution in [0.2, 0.25) is 5.02 Å². The van der Waals surface area contributed by atoms with Gasteiger partial charge < -0.3 is 14.8 Å². The van der Waals surface area contributed by atoms with E-state index < -0.39 is 0 Å². The third-order valence-corrected chi connectivity index (χ3v) is 7.80. The summed E-state index contributed by atoms with van der Waals surface area (Å²) < 4.78 is 12.9.